The van der Waals surface area contributed by atoms with Crippen LogP contribution in [0, 0.1) is 12.8 Å². The lowest BCUT2D eigenvalue weighted by molar-refractivity contribution is -0.137. The normalized spacial score (nSPS) is 20.7. The van der Waals surface area contributed by atoms with Crippen LogP contribution in [0.3, 0.4) is 0 Å². The summed E-state index contributed by atoms with van der Waals surface area (Å²) in [5, 5.41) is 5.33. The molecule has 0 bridgehead atoms. The highest BCUT2D eigenvalue weighted by Gasteiger charge is 2.42. The molecule has 1 N–H and O–H groups in total. The fraction of sp³-hybridized carbons (Fsp3) is 0.476. The second-order valence-electron chi connectivity index (χ2n) is 7.97. The van der Waals surface area contributed by atoms with Crippen molar-refractivity contribution in [2.45, 2.75) is 43.5 Å². The molecule has 1 atom stereocenters. The van der Waals surface area contributed by atoms with E-state index in [9.17, 15) is 18.0 Å². The van der Waals surface area contributed by atoms with Crippen LogP contribution in [0.15, 0.2) is 40.6 Å². The molecule has 2 aliphatic rings. The number of aromatic nitrogens is 1. The quantitative estimate of drug-likeness (QED) is 0.736. The van der Waals surface area contributed by atoms with E-state index in [2.05, 4.69) is 10.3 Å². The van der Waals surface area contributed by atoms with Gasteiger partial charge in [0.05, 0.1) is 10.6 Å². The minimum atomic E-state index is -3.71. The zero-order valence-electron chi connectivity index (χ0n) is 17.4. The number of hydrogen-bond donors (Lipinski definition) is 1. The molecule has 2 aromatic rings. The Bertz CT molecular complexity index is 1050. The summed E-state index contributed by atoms with van der Waals surface area (Å²) in [7, 11) is -3.71. The van der Waals surface area contributed by atoms with Gasteiger partial charge in [0.15, 0.2) is 5.13 Å². The monoisotopic (exact) mass is 462 g/mol. The fourth-order valence-corrected chi connectivity index (χ4v) is 6.56. The van der Waals surface area contributed by atoms with E-state index in [-0.39, 0.29) is 22.6 Å². The van der Waals surface area contributed by atoms with Crippen LogP contribution in [0.25, 0.3) is 0 Å². The number of carbonyl (C=O) groups is 2. The van der Waals surface area contributed by atoms with Crippen molar-refractivity contribution in [2.24, 2.45) is 5.92 Å². The molecule has 4 rings (SSSR count). The number of anilines is 1. The second-order valence-corrected chi connectivity index (χ2v) is 10.7. The van der Waals surface area contributed by atoms with Crippen LogP contribution in [0.1, 0.15) is 31.4 Å². The van der Waals surface area contributed by atoms with Crippen molar-refractivity contribution in [1.29, 1.82) is 0 Å². The van der Waals surface area contributed by atoms with Gasteiger partial charge in [-0.15, -0.1) is 11.3 Å². The fourth-order valence-electron chi connectivity index (χ4n) is 4.19. The maximum absolute atomic E-state index is 13.2. The molecule has 8 nitrogen and oxygen atoms in total. The van der Waals surface area contributed by atoms with E-state index in [0.717, 1.165) is 5.69 Å². The zero-order valence-corrected chi connectivity index (χ0v) is 19.0. The number of hydrogen-bond acceptors (Lipinski definition) is 6. The third-order valence-electron chi connectivity index (χ3n) is 5.87. The largest absolute Gasteiger partial charge is 0.341 e. The molecule has 2 fully saturated rings. The van der Waals surface area contributed by atoms with Crippen LogP contribution < -0.4 is 5.32 Å². The molecule has 0 spiro atoms. The van der Waals surface area contributed by atoms with Gasteiger partial charge in [0, 0.05) is 30.9 Å². The summed E-state index contributed by atoms with van der Waals surface area (Å²) in [5.41, 5.74) is 0.868. The third-order valence-corrected chi connectivity index (χ3v) is 8.66. The SMILES string of the molecule is Cc1csc(NC(=O)C2CCN(C(=O)C3CCCN3S(=O)(=O)c3ccccc3)CC2)n1. The number of nitrogens with one attached hydrogen (secondary N) is 1. The summed E-state index contributed by atoms with van der Waals surface area (Å²) in [6.07, 6.45) is 2.30. The Morgan fingerprint density at radius 1 is 1.10 bits per heavy atom. The number of benzene rings is 1. The van der Waals surface area contributed by atoms with Crippen molar-refractivity contribution < 1.29 is 18.0 Å². The summed E-state index contributed by atoms with van der Waals surface area (Å²) in [6.45, 7) is 3.12. The van der Waals surface area contributed by atoms with Crippen LogP contribution in [-0.2, 0) is 19.6 Å². The van der Waals surface area contributed by atoms with Gasteiger partial charge in [-0.05, 0) is 44.7 Å². The van der Waals surface area contributed by atoms with Gasteiger partial charge >= 0.3 is 0 Å². The van der Waals surface area contributed by atoms with Gasteiger partial charge in [-0.25, -0.2) is 13.4 Å². The smallest absolute Gasteiger partial charge is 0.243 e. The summed E-state index contributed by atoms with van der Waals surface area (Å²) in [5.74, 6) is -0.414. The predicted molar refractivity (Wildman–Crippen MR) is 118 cm³/mol. The second kappa shape index (κ2) is 9.05. The first-order valence-electron chi connectivity index (χ1n) is 10.4. The molecule has 31 heavy (non-hydrogen) atoms. The average molecular weight is 463 g/mol. The first kappa shape index (κ1) is 21.9. The van der Waals surface area contributed by atoms with E-state index < -0.39 is 16.1 Å². The Morgan fingerprint density at radius 3 is 2.45 bits per heavy atom. The zero-order chi connectivity index (χ0) is 22.0. The van der Waals surface area contributed by atoms with Gasteiger partial charge in [-0.2, -0.15) is 4.31 Å². The topological polar surface area (TPSA) is 99.7 Å². The molecular formula is C21H26N4O4S2. The number of nitrogens with zero attached hydrogens (tertiary/aromatic N) is 3. The number of thiazole rings is 1. The van der Waals surface area contributed by atoms with E-state index in [4.69, 9.17) is 0 Å². The highest BCUT2D eigenvalue weighted by Crippen LogP contribution is 2.29. The van der Waals surface area contributed by atoms with Crippen LogP contribution in [-0.4, -0.2) is 60.1 Å². The minimum absolute atomic E-state index is 0.0735. The first-order valence-corrected chi connectivity index (χ1v) is 12.8. The van der Waals surface area contributed by atoms with Gasteiger partial charge in [0.2, 0.25) is 21.8 Å². The molecular weight excluding hydrogens is 436 g/mol. The number of rotatable bonds is 5. The van der Waals surface area contributed by atoms with Crippen molar-refractivity contribution in [3.8, 4) is 0 Å². The van der Waals surface area contributed by atoms with Crippen LogP contribution in [0.4, 0.5) is 5.13 Å². The number of likely N-dealkylation sites (tertiary alicyclic amines) is 1. The molecule has 0 aliphatic carbocycles. The maximum Gasteiger partial charge on any atom is 0.243 e. The lowest BCUT2D eigenvalue weighted by atomic mass is 9.95. The summed E-state index contributed by atoms with van der Waals surface area (Å²) in [4.78, 5) is 31.9. The molecule has 0 saturated carbocycles. The van der Waals surface area contributed by atoms with Gasteiger partial charge < -0.3 is 10.2 Å². The standard InChI is InChI=1S/C21H26N4O4S2/c1-15-14-30-21(22-15)23-19(26)16-9-12-24(13-10-16)20(27)18-8-5-11-25(18)31(28,29)17-6-3-2-4-7-17/h2-4,6-7,14,16,18H,5,8-13H2,1H3,(H,22,23,26). The number of carbonyl (C=O) groups excluding carboxylic acids is 2. The highest BCUT2D eigenvalue weighted by atomic mass is 32.2. The van der Waals surface area contributed by atoms with Crippen molar-refractivity contribution in [3.63, 3.8) is 0 Å². The predicted octanol–water partition coefficient (Wildman–Crippen LogP) is 2.48. The minimum Gasteiger partial charge on any atom is -0.341 e. The molecule has 3 heterocycles. The Balaban J connectivity index is 1.37. The Labute approximate surface area is 186 Å². The maximum atomic E-state index is 13.2. The molecule has 1 aromatic carbocycles. The van der Waals surface area contributed by atoms with Crippen LogP contribution in [0.2, 0.25) is 0 Å². The molecule has 10 heteroatoms. The molecule has 2 saturated heterocycles. The lowest BCUT2D eigenvalue weighted by Gasteiger charge is -2.34. The van der Waals surface area contributed by atoms with Crippen molar-refractivity contribution in [3.05, 3.63) is 41.4 Å². The van der Waals surface area contributed by atoms with E-state index in [1.54, 1.807) is 35.2 Å². The molecule has 166 valence electrons. The molecule has 1 unspecified atom stereocenters. The third kappa shape index (κ3) is 4.65. The van der Waals surface area contributed by atoms with Crippen LogP contribution >= 0.6 is 11.3 Å². The van der Waals surface area contributed by atoms with Crippen LogP contribution in [0.5, 0.6) is 0 Å². The number of amides is 2. The van der Waals surface area contributed by atoms with Gasteiger partial charge in [-0.3, -0.25) is 9.59 Å². The van der Waals surface area contributed by atoms with E-state index in [0.29, 0.717) is 50.4 Å². The van der Waals surface area contributed by atoms with Gasteiger partial charge in [0.25, 0.3) is 0 Å². The average Bonchev–Trinajstić information content (AvgIpc) is 3.43. The lowest BCUT2D eigenvalue weighted by Crippen LogP contribution is -2.50. The van der Waals surface area contributed by atoms with E-state index in [1.165, 1.54) is 15.6 Å². The van der Waals surface area contributed by atoms with Crippen molar-refractivity contribution >= 4 is 38.3 Å². The number of sulfonamides is 1. The number of aryl methyl sites for hydroxylation is 1. The molecule has 2 aliphatic heterocycles. The van der Waals surface area contributed by atoms with Gasteiger partial charge in [-0.1, -0.05) is 18.2 Å². The Hall–Kier alpha value is -2.30. The van der Waals surface area contributed by atoms with E-state index in [1.807, 2.05) is 12.3 Å². The van der Waals surface area contributed by atoms with E-state index >= 15 is 0 Å². The molecule has 0 radical (unpaired) electrons. The summed E-state index contributed by atoms with van der Waals surface area (Å²) in [6, 6.07) is 7.58. The Morgan fingerprint density at radius 2 is 1.81 bits per heavy atom. The van der Waals surface area contributed by atoms with Crippen molar-refractivity contribution in [2.75, 3.05) is 25.0 Å². The number of piperidine rings is 1. The molecule has 1 aromatic heterocycles. The summed E-state index contributed by atoms with van der Waals surface area (Å²) < 4.78 is 27.4. The molecule has 2 amide bonds. The van der Waals surface area contributed by atoms with Gasteiger partial charge in [0.1, 0.15) is 6.04 Å². The highest BCUT2D eigenvalue weighted by molar-refractivity contribution is 7.89. The Kier molecular flexibility index (Phi) is 6.40. The summed E-state index contributed by atoms with van der Waals surface area (Å²) >= 11 is 1.39. The van der Waals surface area contributed by atoms with Crippen molar-refractivity contribution in [1.82, 2.24) is 14.2 Å². The first-order chi connectivity index (χ1) is 14.9.